The van der Waals surface area contributed by atoms with Gasteiger partial charge in [-0.1, -0.05) is 34.4 Å². The molecule has 2 bridgehead atoms. The maximum Gasteiger partial charge on any atom is 0.336 e. The Bertz CT molecular complexity index is 926. The van der Waals surface area contributed by atoms with Crippen LogP contribution in [0.3, 0.4) is 0 Å². The highest BCUT2D eigenvalue weighted by atomic mass is 35.5. The molecule has 8 heteroatoms. The molecule has 0 radical (unpaired) electrons. The fraction of sp³-hybridized carbons (Fsp3) is 0.524. The molecule has 154 valence electrons. The monoisotopic (exact) mass is 437 g/mol. The lowest BCUT2D eigenvalue weighted by molar-refractivity contribution is -0.289. The lowest BCUT2D eigenvalue weighted by Crippen LogP contribution is -2.55. The van der Waals surface area contributed by atoms with E-state index in [9.17, 15) is 9.90 Å². The average molecular weight is 438 g/mol. The van der Waals surface area contributed by atoms with E-state index in [0.717, 1.165) is 37.0 Å². The zero-order valence-corrected chi connectivity index (χ0v) is 17.2. The molecule has 6 rings (SSSR count). The molecule has 6 nitrogen and oxygen atoms in total. The van der Waals surface area contributed by atoms with Crippen molar-refractivity contribution in [3.05, 3.63) is 39.6 Å². The fourth-order valence-electron chi connectivity index (χ4n) is 4.46. The number of carbonyl (C=O) groups is 1. The number of hydrogen-bond acceptors (Lipinski definition) is 5. The van der Waals surface area contributed by atoms with E-state index in [-0.39, 0.29) is 12.5 Å². The Morgan fingerprint density at radius 1 is 1.21 bits per heavy atom. The van der Waals surface area contributed by atoms with Crippen molar-refractivity contribution < 1.29 is 23.9 Å². The van der Waals surface area contributed by atoms with E-state index in [1.54, 1.807) is 18.2 Å². The number of aromatic nitrogens is 1. The van der Waals surface area contributed by atoms with Gasteiger partial charge in [-0.15, -0.1) is 0 Å². The highest BCUT2D eigenvalue weighted by Gasteiger charge is 2.52. The number of halogens is 2. The number of rotatable bonds is 6. The first-order valence-electron chi connectivity index (χ1n) is 9.94. The Hall–Kier alpha value is -1.60. The third-order valence-electron chi connectivity index (χ3n) is 6.31. The van der Waals surface area contributed by atoms with Gasteiger partial charge in [0.1, 0.15) is 11.5 Å². The summed E-state index contributed by atoms with van der Waals surface area (Å²) in [4.78, 5) is 11.7. The molecule has 29 heavy (non-hydrogen) atoms. The van der Waals surface area contributed by atoms with Gasteiger partial charge in [0, 0.05) is 23.0 Å². The van der Waals surface area contributed by atoms with Crippen molar-refractivity contribution in [1.82, 2.24) is 5.16 Å². The van der Waals surface area contributed by atoms with Crippen molar-refractivity contribution in [3.63, 3.8) is 0 Å². The van der Waals surface area contributed by atoms with Gasteiger partial charge in [-0.3, -0.25) is 0 Å². The molecule has 0 spiro atoms. The molecule has 2 aliphatic carbocycles. The van der Waals surface area contributed by atoms with Gasteiger partial charge >= 0.3 is 5.97 Å². The molecule has 1 aromatic heterocycles. The lowest BCUT2D eigenvalue weighted by Gasteiger charge is -2.47. The Kier molecular flexibility index (Phi) is 4.86. The highest BCUT2D eigenvalue weighted by Crippen LogP contribution is 2.48. The van der Waals surface area contributed by atoms with Gasteiger partial charge in [-0.05, 0) is 50.7 Å². The second-order valence-corrected chi connectivity index (χ2v) is 8.99. The molecule has 3 heterocycles. The third kappa shape index (κ3) is 3.36. The van der Waals surface area contributed by atoms with Crippen molar-refractivity contribution in [3.8, 4) is 11.3 Å². The lowest BCUT2D eigenvalue weighted by atomic mass is 9.75. The van der Waals surface area contributed by atoms with Crippen molar-refractivity contribution in [2.75, 3.05) is 0 Å². The van der Waals surface area contributed by atoms with Crippen molar-refractivity contribution in [2.24, 2.45) is 5.92 Å². The molecule has 4 fully saturated rings. The van der Waals surface area contributed by atoms with Crippen molar-refractivity contribution in [2.45, 2.75) is 62.9 Å². The molecule has 2 aromatic rings. The molecular formula is C21H21Cl2NO5. The van der Waals surface area contributed by atoms with E-state index in [1.165, 1.54) is 0 Å². The van der Waals surface area contributed by atoms with Crippen LogP contribution in [0.5, 0.6) is 0 Å². The van der Waals surface area contributed by atoms with Crippen LogP contribution in [0.15, 0.2) is 22.7 Å². The van der Waals surface area contributed by atoms with E-state index in [2.05, 4.69) is 5.16 Å². The standard InChI is InChI=1S/C21H21Cl2NO5/c22-14-2-1-3-15(23)16(14)17-13(18(29-24-17)11-4-5-11)10-27-19-12-6-8-21(28-19,9-7-12)20(25)26/h1-3,11-12,19H,4-10H2,(H,25,26). The van der Waals surface area contributed by atoms with Gasteiger partial charge in [-0.25, -0.2) is 4.79 Å². The summed E-state index contributed by atoms with van der Waals surface area (Å²) in [5, 5.41) is 14.9. The summed E-state index contributed by atoms with van der Waals surface area (Å²) < 4.78 is 17.7. The van der Waals surface area contributed by atoms with E-state index in [4.69, 9.17) is 37.2 Å². The van der Waals surface area contributed by atoms with Crippen LogP contribution < -0.4 is 0 Å². The average Bonchev–Trinajstić information content (AvgIpc) is 3.48. The van der Waals surface area contributed by atoms with E-state index in [0.29, 0.717) is 40.1 Å². The summed E-state index contributed by atoms with van der Waals surface area (Å²) in [7, 11) is 0. The van der Waals surface area contributed by atoms with Crippen LogP contribution in [0.25, 0.3) is 11.3 Å². The van der Waals surface area contributed by atoms with Crippen LogP contribution in [0.1, 0.15) is 55.8 Å². The molecule has 0 amide bonds. The minimum absolute atomic E-state index is 0.202. The number of hydrogen-bond donors (Lipinski definition) is 1. The largest absolute Gasteiger partial charge is 0.479 e. The minimum atomic E-state index is -1.12. The SMILES string of the molecule is O=C(O)C12CCC(CC1)C(OCc1c(-c3c(Cl)cccc3Cl)noc1C1CC1)O2. The Balaban J connectivity index is 1.43. The second-order valence-electron chi connectivity index (χ2n) is 8.18. The van der Waals surface area contributed by atoms with Gasteiger partial charge in [-0.2, -0.15) is 0 Å². The highest BCUT2D eigenvalue weighted by molar-refractivity contribution is 6.39. The molecule has 2 aliphatic heterocycles. The zero-order valence-electron chi connectivity index (χ0n) is 15.7. The maximum atomic E-state index is 11.7. The first-order valence-corrected chi connectivity index (χ1v) is 10.7. The summed E-state index contributed by atoms with van der Waals surface area (Å²) in [6.45, 7) is 0.211. The van der Waals surface area contributed by atoms with Crippen LogP contribution in [0.4, 0.5) is 0 Å². The quantitative estimate of drug-likeness (QED) is 0.649. The molecule has 1 unspecified atom stereocenters. The summed E-state index contributed by atoms with van der Waals surface area (Å²) in [5.74, 6) is 0.416. The minimum Gasteiger partial charge on any atom is -0.479 e. The molecule has 2 saturated carbocycles. The fourth-order valence-corrected chi connectivity index (χ4v) is 5.04. The van der Waals surface area contributed by atoms with Gasteiger partial charge in [0.05, 0.1) is 16.7 Å². The zero-order chi connectivity index (χ0) is 20.2. The van der Waals surface area contributed by atoms with E-state index >= 15 is 0 Å². The molecular weight excluding hydrogens is 417 g/mol. The molecule has 1 atom stereocenters. The normalized spacial score (nSPS) is 28.6. The van der Waals surface area contributed by atoms with Crippen molar-refractivity contribution >= 4 is 29.2 Å². The predicted octanol–water partition coefficient (Wildman–Crippen LogP) is 5.41. The van der Waals surface area contributed by atoms with Crippen LogP contribution >= 0.6 is 23.2 Å². The second kappa shape index (κ2) is 7.27. The van der Waals surface area contributed by atoms with E-state index in [1.807, 2.05) is 0 Å². The summed E-state index contributed by atoms with van der Waals surface area (Å²) in [6.07, 6.45) is 4.19. The van der Waals surface area contributed by atoms with Crippen LogP contribution in [0, 0.1) is 5.92 Å². The predicted molar refractivity (Wildman–Crippen MR) is 106 cm³/mol. The number of fused-ring (bicyclic) bond motifs is 3. The topological polar surface area (TPSA) is 81.8 Å². The molecule has 1 aromatic carbocycles. The maximum absolute atomic E-state index is 11.7. The third-order valence-corrected chi connectivity index (χ3v) is 6.94. The molecule has 1 N–H and O–H groups in total. The summed E-state index contributed by atoms with van der Waals surface area (Å²) in [5.41, 5.74) is 0.897. The van der Waals surface area contributed by atoms with Gasteiger partial charge < -0.3 is 19.1 Å². The first-order chi connectivity index (χ1) is 14.0. The van der Waals surface area contributed by atoms with Crippen LogP contribution in [-0.4, -0.2) is 28.1 Å². The van der Waals surface area contributed by atoms with E-state index < -0.39 is 17.9 Å². The number of carboxylic acids is 1. The molecule has 2 saturated heterocycles. The smallest absolute Gasteiger partial charge is 0.336 e. The van der Waals surface area contributed by atoms with Gasteiger partial charge in [0.2, 0.25) is 0 Å². The Labute approximate surface area is 178 Å². The summed E-state index contributed by atoms with van der Waals surface area (Å²) in [6, 6.07) is 5.31. The first kappa shape index (κ1) is 19.4. The number of nitrogens with zero attached hydrogens (tertiary/aromatic N) is 1. The Morgan fingerprint density at radius 2 is 1.90 bits per heavy atom. The summed E-state index contributed by atoms with van der Waals surface area (Å²) >= 11 is 12.8. The molecule has 4 aliphatic rings. The number of ether oxygens (including phenoxy) is 2. The van der Waals surface area contributed by atoms with Gasteiger partial charge in [0.15, 0.2) is 11.9 Å². The van der Waals surface area contributed by atoms with Crippen molar-refractivity contribution in [1.29, 1.82) is 0 Å². The Morgan fingerprint density at radius 3 is 2.52 bits per heavy atom. The van der Waals surface area contributed by atoms with Crippen LogP contribution in [0.2, 0.25) is 10.0 Å². The number of benzene rings is 1. The number of aliphatic carboxylic acids is 1. The van der Waals surface area contributed by atoms with Gasteiger partial charge in [0.25, 0.3) is 0 Å². The number of carboxylic acid groups (broad SMARTS) is 1. The van der Waals surface area contributed by atoms with Crippen LogP contribution in [-0.2, 0) is 20.9 Å².